The van der Waals surface area contributed by atoms with Crippen molar-refractivity contribution in [2.45, 2.75) is 64.1 Å². The first-order valence-electron chi connectivity index (χ1n) is 16.8. The number of para-hydroxylation sites is 2. The fraction of sp³-hybridized carbons (Fsp3) is 0.378. The Morgan fingerprint density at radius 2 is 1.84 bits per heavy atom. The third-order valence-electron chi connectivity index (χ3n) is 9.73. The topological polar surface area (TPSA) is 145 Å². The number of carbonyl (C=O) groups excluding carboxylic acids is 1. The lowest BCUT2D eigenvalue weighted by Gasteiger charge is -2.37. The van der Waals surface area contributed by atoms with Crippen LogP contribution in [-0.4, -0.2) is 69.2 Å². The number of carbonyl (C=O) groups is 2. The van der Waals surface area contributed by atoms with E-state index < -0.39 is 5.97 Å². The highest BCUT2D eigenvalue weighted by atomic mass is 16.5. The molecule has 2 aliphatic rings. The number of carboxylic acids is 1. The van der Waals surface area contributed by atoms with Crippen molar-refractivity contribution < 1.29 is 28.6 Å². The fourth-order valence-electron chi connectivity index (χ4n) is 7.11. The molecule has 0 unspecified atom stereocenters. The quantitative estimate of drug-likeness (QED) is 0.155. The Balaban J connectivity index is 1.12. The van der Waals surface area contributed by atoms with Gasteiger partial charge in [0.1, 0.15) is 11.3 Å². The largest absolute Gasteiger partial charge is 0.476 e. The molecule has 12 heteroatoms. The minimum absolute atomic E-state index is 0.0448. The summed E-state index contributed by atoms with van der Waals surface area (Å²) < 4.78 is 19.3. The molecule has 1 saturated carbocycles. The van der Waals surface area contributed by atoms with Gasteiger partial charge >= 0.3 is 12.0 Å². The zero-order valence-electron chi connectivity index (χ0n) is 27.8. The Morgan fingerprint density at radius 3 is 2.63 bits per heavy atom. The number of rotatable bonds is 11. The Morgan fingerprint density at radius 1 is 1.00 bits per heavy atom. The fourth-order valence-corrected chi connectivity index (χ4v) is 7.11. The maximum atomic E-state index is 13.5. The van der Waals surface area contributed by atoms with E-state index in [1.807, 2.05) is 59.0 Å². The lowest BCUT2D eigenvalue weighted by molar-refractivity contribution is -0.0957. The van der Waals surface area contributed by atoms with Gasteiger partial charge in [0.15, 0.2) is 11.3 Å². The Kier molecular flexibility index (Phi) is 9.15. The molecular formula is C37H40N6O6. The van der Waals surface area contributed by atoms with Crippen LogP contribution < -0.4 is 10.2 Å². The summed E-state index contributed by atoms with van der Waals surface area (Å²) in [5.74, 6) is -0.920. The van der Waals surface area contributed by atoms with Crippen molar-refractivity contribution in [3.8, 4) is 11.1 Å². The number of nitrogens with zero attached hydrogens (tertiary/aromatic N) is 5. The van der Waals surface area contributed by atoms with Gasteiger partial charge in [-0.3, -0.25) is 14.8 Å². The van der Waals surface area contributed by atoms with Crippen LogP contribution in [-0.2, 0) is 29.0 Å². The lowest BCUT2D eigenvalue weighted by atomic mass is 9.84. The molecule has 0 atom stereocenters. The van der Waals surface area contributed by atoms with E-state index >= 15 is 0 Å². The molecule has 3 aromatic heterocycles. The van der Waals surface area contributed by atoms with E-state index in [1.54, 1.807) is 25.4 Å². The molecule has 12 nitrogen and oxygen atoms in total. The first kappa shape index (κ1) is 32.5. The number of methoxy groups -OCH3 is 1. The van der Waals surface area contributed by atoms with E-state index in [9.17, 15) is 14.7 Å². The number of benzene rings is 2. The molecule has 254 valence electrons. The van der Waals surface area contributed by atoms with Crippen molar-refractivity contribution in [2.24, 2.45) is 0 Å². The summed E-state index contributed by atoms with van der Waals surface area (Å²) in [6, 6.07) is 16.8. The van der Waals surface area contributed by atoms with Crippen LogP contribution in [0.25, 0.3) is 22.2 Å². The summed E-state index contributed by atoms with van der Waals surface area (Å²) in [5, 5.41) is 17.8. The van der Waals surface area contributed by atoms with Gasteiger partial charge in [-0.15, -0.1) is 0 Å². The number of pyridine rings is 1. The second-order valence-electron chi connectivity index (χ2n) is 12.8. The van der Waals surface area contributed by atoms with E-state index in [1.165, 1.54) is 6.42 Å². The van der Waals surface area contributed by atoms with Gasteiger partial charge in [0.05, 0.1) is 31.6 Å². The number of carboxylic acid groups (broad SMARTS) is 1. The molecule has 0 bridgehead atoms. The van der Waals surface area contributed by atoms with Crippen molar-refractivity contribution in [3.63, 3.8) is 0 Å². The number of aromatic nitrogens is 4. The number of ether oxygens (including phenoxy) is 2. The van der Waals surface area contributed by atoms with Crippen molar-refractivity contribution in [3.05, 3.63) is 88.9 Å². The first-order chi connectivity index (χ1) is 23.8. The molecule has 7 rings (SSSR count). The number of hydrogen-bond acceptors (Lipinski definition) is 9. The SMILES string of the molecule is COCCOC1(Cn2ncc(-c3ccc(N4CCc5cccc(C(=O)Nc6nc7ccccc7o6)c5C4)nc3C(=O)O)c2C)CCCCC1. The molecule has 4 heterocycles. The molecule has 5 aromatic rings. The molecule has 2 aromatic carbocycles. The van der Waals surface area contributed by atoms with E-state index in [0.29, 0.717) is 67.3 Å². The molecule has 0 radical (unpaired) electrons. The van der Waals surface area contributed by atoms with Crippen LogP contribution in [0.3, 0.4) is 0 Å². The number of anilines is 2. The van der Waals surface area contributed by atoms with Crippen LogP contribution >= 0.6 is 0 Å². The van der Waals surface area contributed by atoms with Crippen molar-refractivity contribution >= 4 is 34.8 Å². The van der Waals surface area contributed by atoms with Crippen LogP contribution in [0.1, 0.15) is 69.8 Å². The summed E-state index contributed by atoms with van der Waals surface area (Å²) in [4.78, 5) is 37.1. The van der Waals surface area contributed by atoms with Gasteiger partial charge in [0.25, 0.3) is 5.91 Å². The van der Waals surface area contributed by atoms with E-state index in [4.69, 9.17) is 19.0 Å². The number of nitrogens with one attached hydrogen (secondary N) is 1. The zero-order valence-corrected chi connectivity index (χ0v) is 27.8. The van der Waals surface area contributed by atoms with Crippen LogP contribution in [0.15, 0.2) is 65.2 Å². The highest BCUT2D eigenvalue weighted by Crippen LogP contribution is 2.36. The normalized spacial score (nSPS) is 15.7. The first-order valence-corrected chi connectivity index (χ1v) is 16.8. The second kappa shape index (κ2) is 13.8. The lowest BCUT2D eigenvalue weighted by Crippen LogP contribution is -2.41. The maximum Gasteiger partial charge on any atom is 0.355 e. The Hall–Kier alpha value is -5.07. The predicted octanol–water partition coefficient (Wildman–Crippen LogP) is 6.27. The van der Waals surface area contributed by atoms with Gasteiger partial charge in [0, 0.05) is 42.6 Å². The number of hydrogen-bond donors (Lipinski definition) is 2. The molecule has 1 amide bonds. The number of aromatic carboxylic acids is 1. The van der Waals surface area contributed by atoms with Crippen molar-refractivity contribution in [2.75, 3.05) is 37.1 Å². The summed E-state index contributed by atoms with van der Waals surface area (Å²) in [6.45, 7) is 4.61. The number of oxazole rings is 1. The van der Waals surface area contributed by atoms with E-state index in [-0.39, 0.29) is 23.2 Å². The molecule has 0 saturated heterocycles. The molecule has 1 aliphatic heterocycles. The summed E-state index contributed by atoms with van der Waals surface area (Å²) in [7, 11) is 1.67. The average Bonchev–Trinajstić information content (AvgIpc) is 3.69. The molecule has 2 N–H and O–H groups in total. The predicted molar refractivity (Wildman–Crippen MR) is 184 cm³/mol. The second-order valence-corrected chi connectivity index (χ2v) is 12.8. The standard InChI is InChI=1S/C37H40N6O6/c1-24-28(21-38-43(24)23-37(48-20-19-47-2)16-6-3-7-17-37)26-13-14-32(40-33(26)35(45)46)42-18-15-25-9-8-10-27(29(25)22-42)34(44)41-36-39-30-11-4-5-12-31(30)49-36/h4-5,8-14,21H,3,6-7,15-20,22-23H2,1-2H3,(H,45,46)(H,39,41,44). The minimum atomic E-state index is -1.12. The molecular weight excluding hydrogens is 624 g/mol. The number of amides is 1. The third kappa shape index (κ3) is 6.66. The summed E-state index contributed by atoms with van der Waals surface area (Å²) >= 11 is 0. The van der Waals surface area contributed by atoms with Gasteiger partial charge < -0.3 is 23.9 Å². The van der Waals surface area contributed by atoms with Gasteiger partial charge in [-0.2, -0.15) is 10.1 Å². The molecule has 1 aliphatic carbocycles. The van der Waals surface area contributed by atoms with Crippen molar-refractivity contribution in [1.82, 2.24) is 19.7 Å². The molecule has 49 heavy (non-hydrogen) atoms. The van der Waals surface area contributed by atoms with Gasteiger partial charge in [-0.1, -0.05) is 43.5 Å². The van der Waals surface area contributed by atoms with Gasteiger partial charge in [0.2, 0.25) is 0 Å². The van der Waals surface area contributed by atoms with E-state index in [2.05, 4.69) is 15.3 Å². The average molecular weight is 665 g/mol. The third-order valence-corrected chi connectivity index (χ3v) is 9.73. The highest BCUT2D eigenvalue weighted by molar-refractivity contribution is 6.05. The van der Waals surface area contributed by atoms with Gasteiger partial charge in [-0.25, -0.2) is 9.78 Å². The van der Waals surface area contributed by atoms with Crippen molar-refractivity contribution in [1.29, 1.82) is 0 Å². The Bertz CT molecular complexity index is 1960. The molecule has 1 fully saturated rings. The van der Waals surface area contributed by atoms with Crippen LogP contribution in [0.5, 0.6) is 0 Å². The van der Waals surface area contributed by atoms with Crippen LogP contribution in [0, 0.1) is 6.92 Å². The number of fused-ring (bicyclic) bond motifs is 2. The van der Waals surface area contributed by atoms with Crippen LogP contribution in [0.4, 0.5) is 11.8 Å². The highest BCUT2D eigenvalue weighted by Gasteiger charge is 2.35. The Labute approximate surface area is 284 Å². The smallest absolute Gasteiger partial charge is 0.355 e. The van der Waals surface area contributed by atoms with E-state index in [0.717, 1.165) is 48.1 Å². The maximum absolute atomic E-state index is 13.5. The molecule has 0 spiro atoms. The minimum Gasteiger partial charge on any atom is -0.476 e. The summed E-state index contributed by atoms with van der Waals surface area (Å²) in [5.41, 5.74) is 5.38. The summed E-state index contributed by atoms with van der Waals surface area (Å²) in [6.07, 6.45) is 7.67. The monoisotopic (exact) mass is 664 g/mol. The van der Waals surface area contributed by atoms with Crippen LogP contribution in [0.2, 0.25) is 0 Å². The zero-order chi connectivity index (χ0) is 34.0. The van der Waals surface area contributed by atoms with Gasteiger partial charge in [-0.05, 0) is 67.6 Å².